The number of aryl methyl sites for hydroxylation is 1. The van der Waals surface area contributed by atoms with E-state index in [1.807, 2.05) is 20.8 Å². The lowest BCUT2D eigenvalue weighted by molar-refractivity contribution is -0.121. The van der Waals surface area contributed by atoms with Gasteiger partial charge in [0.25, 0.3) is 0 Å². The second kappa shape index (κ2) is 11.6. The molecular weight excluding hydrogens is 465 g/mol. The molecule has 0 spiro atoms. The molecule has 0 aromatic heterocycles. The lowest BCUT2D eigenvalue weighted by Gasteiger charge is -2.29. The van der Waals surface area contributed by atoms with E-state index in [0.717, 1.165) is 19.6 Å². The monoisotopic (exact) mass is 501 g/mol. The summed E-state index contributed by atoms with van der Waals surface area (Å²) >= 11 is 0. The Balaban J connectivity index is 0.00000392. The van der Waals surface area contributed by atoms with Crippen molar-refractivity contribution in [2.24, 2.45) is 4.99 Å². The minimum absolute atomic E-state index is 0. The van der Waals surface area contributed by atoms with Crippen molar-refractivity contribution < 1.29 is 4.79 Å². The third-order valence-corrected chi connectivity index (χ3v) is 4.66. The topological polar surface area (TPSA) is 68.8 Å². The van der Waals surface area contributed by atoms with Gasteiger partial charge in [-0.3, -0.25) is 14.7 Å². The van der Waals surface area contributed by atoms with Crippen LogP contribution in [-0.2, 0) is 4.79 Å². The Morgan fingerprint density at radius 2 is 1.75 bits per heavy atom. The molecule has 2 rings (SSSR count). The average Bonchev–Trinajstić information content (AvgIpc) is 3.12. The summed E-state index contributed by atoms with van der Waals surface area (Å²) < 4.78 is 0. The van der Waals surface area contributed by atoms with Gasteiger partial charge < -0.3 is 16.0 Å². The lowest BCUT2D eigenvalue weighted by atomic mass is 10.0. The molecule has 1 aliphatic rings. The zero-order valence-corrected chi connectivity index (χ0v) is 20.2. The van der Waals surface area contributed by atoms with E-state index in [1.54, 1.807) is 7.05 Å². The molecule has 1 aromatic carbocycles. The number of hydrogen-bond donors (Lipinski definition) is 3. The summed E-state index contributed by atoms with van der Waals surface area (Å²) in [6, 6.07) is 9.07. The van der Waals surface area contributed by atoms with Gasteiger partial charge in [-0.2, -0.15) is 0 Å². The summed E-state index contributed by atoms with van der Waals surface area (Å²) in [5.74, 6) is 0.607. The summed E-state index contributed by atoms with van der Waals surface area (Å²) in [5.41, 5.74) is 2.35. The number of guanidine groups is 1. The fourth-order valence-electron chi connectivity index (χ4n) is 3.34. The molecule has 0 bridgehead atoms. The summed E-state index contributed by atoms with van der Waals surface area (Å²) in [4.78, 5) is 18.8. The van der Waals surface area contributed by atoms with Gasteiger partial charge in [0.05, 0.1) is 12.6 Å². The molecule has 1 unspecified atom stereocenters. The molecule has 158 valence electrons. The van der Waals surface area contributed by atoms with E-state index in [4.69, 9.17) is 0 Å². The van der Waals surface area contributed by atoms with Crippen LogP contribution < -0.4 is 16.0 Å². The van der Waals surface area contributed by atoms with Crippen molar-refractivity contribution in [2.45, 2.75) is 52.1 Å². The minimum atomic E-state index is -0.234. The fraction of sp³-hybridized carbons (Fsp3) is 0.619. The van der Waals surface area contributed by atoms with Crippen LogP contribution in [0.4, 0.5) is 0 Å². The molecule has 0 radical (unpaired) electrons. The highest BCUT2D eigenvalue weighted by atomic mass is 127. The van der Waals surface area contributed by atoms with Gasteiger partial charge in [-0.05, 0) is 59.2 Å². The number of amides is 1. The zero-order valence-electron chi connectivity index (χ0n) is 17.8. The third-order valence-electron chi connectivity index (χ3n) is 4.66. The van der Waals surface area contributed by atoms with Crippen LogP contribution in [0.1, 0.15) is 50.8 Å². The number of benzene rings is 1. The van der Waals surface area contributed by atoms with Crippen LogP contribution >= 0.6 is 24.0 Å². The maximum absolute atomic E-state index is 12.0. The second-order valence-corrected chi connectivity index (χ2v) is 8.27. The average molecular weight is 501 g/mol. The van der Waals surface area contributed by atoms with Crippen molar-refractivity contribution in [3.8, 4) is 0 Å². The highest BCUT2D eigenvalue weighted by Crippen LogP contribution is 2.24. The maximum Gasteiger partial charge on any atom is 0.239 e. The Bertz CT molecular complexity index is 633. The van der Waals surface area contributed by atoms with E-state index in [-0.39, 0.29) is 42.0 Å². The van der Waals surface area contributed by atoms with Crippen LogP contribution in [0.5, 0.6) is 0 Å². The van der Waals surface area contributed by atoms with Gasteiger partial charge >= 0.3 is 0 Å². The molecule has 1 fully saturated rings. The van der Waals surface area contributed by atoms with Crippen LogP contribution in [0.25, 0.3) is 0 Å². The lowest BCUT2D eigenvalue weighted by Crippen LogP contribution is -2.49. The number of likely N-dealkylation sites (tertiary alicyclic amines) is 1. The van der Waals surface area contributed by atoms with Crippen LogP contribution in [0, 0.1) is 6.92 Å². The molecule has 1 aromatic rings. The molecule has 1 aliphatic heterocycles. The first-order valence-electron chi connectivity index (χ1n) is 9.84. The SMILES string of the molecule is CN=C(NCC(=O)NC(C)(C)C)NCC(c1ccc(C)cc1)N1CCCC1.I. The molecular formula is C21H36IN5O. The Kier molecular flexibility index (Phi) is 10.2. The molecule has 1 heterocycles. The Morgan fingerprint density at radius 1 is 1.14 bits per heavy atom. The first kappa shape index (κ1) is 24.7. The summed E-state index contributed by atoms with van der Waals surface area (Å²) in [6.07, 6.45) is 2.50. The number of rotatable bonds is 6. The van der Waals surface area contributed by atoms with Gasteiger partial charge in [0, 0.05) is 19.1 Å². The predicted octanol–water partition coefficient (Wildman–Crippen LogP) is 2.83. The fourth-order valence-corrected chi connectivity index (χ4v) is 3.34. The Labute approximate surface area is 187 Å². The van der Waals surface area contributed by atoms with Crippen molar-refractivity contribution in [2.75, 3.05) is 33.2 Å². The Hall–Kier alpha value is -1.35. The van der Waals surface area contributed by atoms with Crippen LogP contribution in [0.15, 0.2) is 29.3 Å². The Morgan fingerprint density at radius 3 is 2.29 bits per heavy atom. The number of halogens is 1. The summed E-state index contributed by atoms with van der Waals surface area (Å²) in [7, 11) is 1.73. The van der Waals surface area contributed by atoms with Crippen molar-refractivity contribution in [1.29, 1.82) is 0 Å². The van der Waals surface area contributed by atoms with E-state index in [9.17, 15) is 4.79 Å². The standard InChI is InChI=1S/C21H35N5O.HI/c1-16-8-10-17(11-9-16)18(26-12-6-7-13-26)14-23-20(22-5)24-15-19(27)25-21(2,3)4;/h8-11,18H,6-7,12-15H2,1-5H3,(H,25,27)(H2,22,23,24);1H. The van der Waals surface area contributed by atoms with Crippen LogP contribution in [-0.4, -0.2) is 55.5 Å². The molecule has 1 amide bonds. The van der Waals surface area contributed by atoms with E-state index < -0.39 is 0 Å². The van der Waals surface area contributed by atoms with Gasteiger partial charge in [0.2, 0.25) is 5.91 Å². The molecule has 28 heavy (non-hydrogen) atoms. The molecule has 1 saturated heterocycles. The molecule has 0 aliphatic carbocycles. The van der Waals surface area contributed by atoms with Crippen molar-refractivity contribution >= 4 is 35.8 Å². The predicted molar refractivity (Wildman–Crippen MR) is 127 cm³/mol. The number of hydrogen-bond acceptors (Lipinski definition) is 3. The molecule has 7 heteroatoms. The van der Waals surface area contributed by atoms with Crippen LogP contribution in [0.2, 0.25) is 0 Å². The maximum atomic E-state index is 12.0. The van der Waals surface area contributed by atoms with E-state index in [2.05, 4.69) is 57.0 Å². The van der Waals surface area contributed by atoms with Crippen LogP contribution in [0.3, 0.4) is 0 Å². The normalized spacial score (nSPS) is 16.2. The second-order valence-electron chi connectivity index (χ2n) is 8.27. The van der Waals surface area contributed by atoms with Gasteiger partial charge in [-0.15, -0.1) is 24.0 Å². The smallest absolute Gasteiger partial charge is 0.239 e. The molecule has 1 atom stereocenters. The first-order valence-corrected chi connectivity index (χ1v) is 9.84. The quantitative estimate of drug-likeness (QED) is 0.319. The highest BCUT2D eigenvalue weighted by Gasteiger charge is 2.23. The number of carbonyl (C=O) groups is 1. The first-order chi connectivity index (χ1) is 12.8. The van der Waals surface area contributed by atoms with Crippen molar-refractivity contribution in [3.05, 3.63) is 35.4 Å². The number of aliphatic imine (C=N–C) groups is 1. The number of nitrogens with zero attached hydrogens (tertiary/aromatic N) is 2. The minimum Gasteiger partial charge on any atom is -0.354 e. The summed E-state index contributed by atoms with van der Waals surface area (Å²) in [6.45, 7) is 11.2. The van der Waals surface area contributed by atoms with Gasteiger partial charge in [-0.1, -0.05) is 29.8 Å². The molecule has 0 saturated carbocycles. The third kappa shape index (κ3) is 8.34. The molecule has 6 nitrogen and oxygen atoms in total. The van der Waals surface area contributed by atoms with Gasteiger partial charge in [0.15, 0.2) is 5.96 Å². The zero-order chi connectivity index (χ0) is 19.9. The van der Waals surface area contributed by atoms with Crippen molar-refractivity contribution in [3.63, 3.8) is 0 Å². The largest absolute Gasteiger partial charge is 0.354 e. The van der Waals surface area contributed by atoms with E-state index >= 15 is 0 Å². The number of carbonyl (C=O) groups excluding carboxylic acids is 1. The molecule has 3 N–H and O–H groups in total. The number of nitrogens with one attached hydrogen (secondary N) is 3. The summed E-state index contributed by atoms with van der Waals surface area (Å²) in [5, 5.41) is 9.45. The van der Waals surface area contributed by atoms with E-state index in [1.165, 1.54) is 24.0 Å². The van der Waals surface area contributed by atoms with E-state index in [0.29, 0.717) is 12.0 Å². The van der Waals surface area contributed by atoms with Crippen molar-refractivity contribution in [1.82, 2.24) is 20.9 Å². The van der Waals surface area contributed by atoms with Gasteiger partial charge in [-0.25, -0.2) is 0 Å². The highest BCUT2D eigenvalue weighted by molar-refractivity contribution is 14.0. The van der Waals surface area contributed by atoms with Gasteiger partial charge in [0.1, 0.15) is 0 Å².